The zero-order chi connectivity index (χ0) is 66.1. The van der Waals surface area contributed by atoms with Crippen LogP contribution < -0.4 is 4.90 Å². The van der Waals surface area contributed by atoms with Gasteiger partial charge in [0.2, 0.25) is 0 Å². The lowest BCUT2D eigenvalue weighted by atomic mass is 9.93. The molecule has 0 N–H and O–H groups in total. The van der Waals surface area contributed by atoms with Gasteiger partial charge in [-0.2, -0.15) is 0 Å². The lowest BCUT2D eigenvalue weighted by molar-refractivity contribution is 1.18. The van der Waals surface area contributed by atoms with Crippen LogP contribution in [-0.4, -0.2) is 15.0 Å². The van der Waals surface area contributed by atoms with Crippen LogP contribution in [0, 0.1) is 0 Å². The maximum Gasteiger partial charge on any atom is 0.160 e. The van der Waals surface area contributed by atoms with Crippen molar-refractivity contribution >= 4 is 49.5 Å². The van der Waals surface area contributed by atoms with E-state index in [2.05, 4.69) is 15.0 Å². The van der Waals surface area contributed by atoms with Crippen molar-refractivity contribution in [2.24, 2.45) is 0 Å². The van der Waals surface area contributed by atoms with Crippen LogP contribution in [0.25, 0.3) is 77.6 Å². The summed E-state index contributed by atoms with van der Waals surface area (Å²) in [5, 5.41) is -4.20. The van der Waals surface area contributed by atoms with Gasteiger partial charge in [-0.25, -0.2) is 15.0 Å². The average Bonchev–Trinajstić information content (AvgIpc) is 0.726. The molecule has 0 saturated heterocycles. The van der Waals surface area contributed by atoms with E-state index < -0.39 is 300 Å². The summed E-state index contributed by atoms with van der Waals surface area (Å²) >= 11 is 0. The molecule has 10 rings (SSSR count). The van der Waals surface area contributed by atoms with Crippen molar-refractivity contribution in [3.63, 3.8) is 0 Å². The van der Waals surface area contributed by atoms with Gasteiger partial charge < -0.3 is 4.90 Å². The first-order valence-corrected chi connectivity index (χ1v) is 15.8. The predicted molar refractivity (Wildman–Crippen MR) is 229 cm³/mol. The molecular weight excluding hydrogens is 669 g/mol. The van der Waals surface area contributed by atoms with E-state index in [0.717, 1.165) is 0 Å². The Morgan fingerprint density at radius 1 is 0.364 bits per heavy atom. The fourth-order valence-electron chi connectivity index (χ4n) is 5.64. The van der Waals surface area contributed by atoms with Gasteiger partial charge in [0.05, 0.1) is 74.9 Å². The van der Waals surface area contributed by atoms with Crippen LogP contribution in [-0.2, 0) is 0 Å². The summed E-state index contributed by atoms with van der Waals surface area (Å²) in [5.41, 5.74) is -10.7. The number of anilines is 3. The van der Waals surface area contributed by atoms with Gasteiger partial charge in [-0.3, -0.25) is 0 Å². The number of nitrogens with zero attached hydrogens (tertiary/aromatic N) is 4. The molecular formula is C51H34N4. The van der Waals surface area contributed by atoms with Gasteiger partial charge in [-0.05, 0) is 47.7 Å². The highest BCUT2D eigenvalue weighted by atomic mass is 15.1. The summed E-state index contributed by atoms with van der Waals surface area (Å²) in [6, 6.07) is -36.6. The third-order valence-electron chi connectivity index (χ3n) is 7.92. The smallest absolute Gasteiger partial charge is 0.160 e. The minimum atomic E-state index is -1.25. The molecule has 4 heteroatoms. The molecule has 8 aromatic carbocycles. The molecule has 0 unspecified atom stereocenters. The van der Waals surface area contributed by atoms with Crippen LogP contribution >= 0.6 is 0 Å². The van der Waals surface area contributed by atoms with Crippen LogP contribution in [0.1, 0.15) is 46.6 Å². The highest BCUT2D eigenvalue weighted by Gasteiger charge is 2.21. The van der Waals surface area contributed by atoms with E-state index >= 15 is 0 Å². The van der Waals surface area contributed by atoms with Gasteiger partial charge in [-0.15, -0.1) is 0 Å². The fourth-order valence-corrected chi connectivity index (χ4v) is 5.64. The van der Waals surface area contributed by atoms with Crippen molar-refractivity contribution in [3.8, 4) is 45.2 Å². The Labute approximate surface area is 367 Å². The van der Waals surface area contributed by atoms with E-state index in [1.165, 1.54) is 0 Å². The standard InChI is InChI=1S/C51H34N4/c1-5-17-35(18-6-1)46-34-47(36-19-7-2-8-20-36)54-51(53-46)38-31-29-37(30-32-38)50-44-33-48(55(39-21-9-3-10-22-39)40-23-11-4-12-24-40)41-25-13-14-26-42(41)49(44)43-27-15-16-28-45(43)52-50/h1-34H/i1D,2D,3D,4D,5D,6D,7D,8D,9D,10D,11D,12D,13D,14D,15D,16D,17D,18D,19D,20D,21D,22D,23D,24D,25D,26D,27D,28D,29D,30D,31D,32D,33D,34D. The lowest BCUT2D eigenvalue weighted by Crippen LogP contribution is -2.10. The highest BCUT2D eigenvalue weighted by molar-refractivity contribution is 6.25. The van der Waals surface area contributed by atoms with Gasteiger partial charge >= 0.3 is 0 Å². The maximum atomic E-state index is 10.4. The number of hydrogen-bond acceptors (Lipinski definition) is 4. The molecule has 258 valence electrons. The Hall–Kier alpha value is -7.43. The number of hydrogen-bond donors (Lipinski definition) is 0. The average molecular weight is 737 g/mol. The van der Waals surface area contributed by atoms with Crippen molar-refractivity contribution in [3.05, 3.63) is 205 Å². The van der Waals surface area contributed by atoms with E-state index in [0.29, 0.717) is 4.90 Å². The van der Waals surface area contributed by atoms with E-state index in [1.54, 1.807) is 0 Å². The summed E-state index contributed by atoms with van der Waals surface area (Å²) in [4.78, 5) is 13.4. The summed E-state index contributed by atoms with van der Waals surface area (Å²) in [6.45, 7) is 0. The van der Waals surface area contributed by atoms with Crippen LogP contribution in [0.15, 0.2) is 205 Å². The van der Waals surface area contributed by atoms with Crippen LogP contribution in [0.2, 0.25) is 0 Å². The first-order chi connectivity index (χ1) is 41.4. The summed E-state index contributed by atoms with van der Waals surface area (Å²) in [6.07, 6.45) is 0. The Morgan fingerprint density at radius 2 is 0.836 bits per heavy atom. The normalized spacial score (nSPS) is 19.9. The van der Waals surface area contributed by atoms with Crippen LogP contribution in [0.4, 0.5) is 17.1 Å². The zero-order valence-corrected chi connectivity index (χ0v) is 27.3. The molecule has 2 aromatic heterocycles. The largest absolute Gasteiger partial charge is 0.310 e. The Kier molecular flexibility index (Phi) is 3.17. The molecule has 0 spiro atoms. The van der Waals surface area contributed by atoms with Crippen LogP contribution in [0.5, 0.6) is 0 Å². The predicted octanol–water partition coefficient (Wildman–Crippen LogP) is 13.5. The maximum absolute atomic E-state index is 10.4. The fraction of sp³-hybridized carbons (Fsp3) is 0. The van der Waals surface area contributed by atoms with Crippen molar-refractivity contribution in [2.45, 2.75) is 0 Å². The molecule has 10 aromatic rings. The first-order valence-electron chi connectivity index (χ1n) is 32.8. The second-order valence-corrected chi connectivity index (χ2v) is 11.1. The summed E-state index contributed by atoms with van der Waals surface area (Å²) in [7, 11) is 0. The molecule has 0 fully saturated rings. The SMILES string of the molecule is [2H]c1c(-c2c([2H])c([2H])c([2H])c([2H])c2[2H])nc(-c2c([2H])c([2H])c(-c3nc4c([2H])c([2H])c([2H])c([2H])c4c4c3c([2H])c(N(c3c([2H])c([2H])c([2H])c([2H])c3[2H])c3c([2H])c([2H])c([2H])c([2H])c3[2H])c3c([2H])c([2H])c([2H])c([2H])c34)c([2H])c2[2H])nc1-c1c([2H])c([2H])c([2H])c([2H])c1[2H]. The third kappa shape index (κ3) is 5.96. The molecule has 0 radical (unpaired) electrons. The molecule has 0 aliphatic rings. The molecule has 0 saturated carbocycles. The molecule has 0 aliphatic heterocycles. The lowest BCUT2D eigenvalue weighted by Gasteiger charge is -2.28. The topological polar surface area (TPSA) is 41.9 Å². The molecule has 0 atom stereocenters. The molecule has 2 heterocycles. The van der Waals surface area contributed by atoms with Gasteiger partial charge in [0.1, 0.15) is 0 Å². The van der Waals surface area contributed by atoms with Gasteiger partial charge in [0.15, 0.2) is 5.82 Å². The Balaban J connectivity index is 1.47. The molecule has 4 nitrogen and oxygen atoms in total. The monoisotopic (exact) mass is 736 g/mol. The number of pyridine rings is 1. The number of para-hydroxylation sites is 3. The number of benzene rings is 8. The van der Waals surface area contributed by atoms with Gasteiger partial charge in [-0.1, -0.05) is 163 Å². The Morgan fingerprint density at radius 3 is 1.42 bits per heavy atom. The number of aromatic nitrogens is 3. The number of rotatable bonds is 7. The Bertz CT molecular complexity index is 4670. The molecule has 0 amide bonds. The van der Waals surface area contributed by atoms with Gasteiger partial charge in [0, 0.05) is 55.2 Å². The second-order valence-electron chi connectivity index (χ2n) is 11.1. The molecule has 55 heavy (non-hydrogen) atoms. The number of fused-ring (bicyclic) bond motifs is 5. The first kappa shape index (κ1) is 12.6. The van der Waals surface area contributed by atoms with E-state index in [9.17, 15) is 17.8 Å². The molecule has 0 aliphatic carbocycles. The third-order valence-corrected chi connectivity index (χ3v) is 7.92. The van der Waals surface area contributed by atoms with Crippen molar-refractivity contribution in [2.75, 3.05) is 4.90 Å². The van der Waals surface area contributed by atoms with Crippen molar-refractivity contribution in [1.29, 1.82) is 0 Å². The van der Waals surface area contributed by atoms with E-state index in [4.69, 9.17) is 28.8 Å². The van der Waals surface area contributed by atoms with Crippen LogP contribution in [0.3, 0.4) is 0 Å². The summed E-state index contributed by atoms with van der Waals surface area (Å²) in [5.74, 6) is -1.02. The minimum Gasteiger partial charge on any atom is -0.310 e. The van der Waals surface area contributed by atoms with Gasteiger partial charge in [0.25, 0.3) is 0 Å². The zero-order valence-electron chi connectivity index (χ0n) is 61.3. The summed E-state index contributed by atoms with van der Waals surface area (Å²) < 4.78 is 305. The highest BCUT2D eigenvalue weighted by Crippen LogP contribution is 2.45. The second kappa shape index (κ2) is 13.8. The van der Waals surface area contributed by atoms with E-state index in [-0.39, 0.29) is 0 Å². The van der Waals surface area contributed by atoms with Crippen molar-refractivity contribution < 1.29 is 46.6 Å². The molecule has 0 bridgehead atoms. The van der Waals surface area contributed by atoms with Crippen molar-refractivity contribution in [1.82, 2.24) is 15.0 Å². The minimum absolute atomic E-state index is 0.380. The quantitative estimate of drug-likeness (QED) is 0.153. The van der Waals surface area contributed by atoms with E-state index in [1.807, 2.05) is 0 Å².